The molecule has 0 spiro atoms. The van der Waals surface area contributed by atoms with E-state index in [1.54, 1.807) is 37.6 Å². The standard InChI is InChI=1S/C27H30ClN5O2/c1-35-22-9-11-25(30-15-22)23-17-33(16-18-2-10-24(29-14-18)19-3-4-19)13-12-26(23)32-27(34)31-21-7-5-20(28)6-8-21/h2,5-11,14-15,19,23,26H,3-4,12-13,16-17H2,1H3,(H2,31,32,34). The van der Waals surface area contributed by atoms with E-state index in [2.05, 4.69) is 37.6 Å². The van der Waals surface area contributed by atoms with Crippen LogP contribution in [0.5, 0.6) is 5.75 Å². The number of hydrogen-bond donors (Lipinski definition) is 2. The van der Waals surface area contributed by atoms with Gasteiger partial charge in [0.05, 0.1) is 13.3 Å². The fourth-order valence-corrected chi connectivity index (χ4v) is 4.77. The fourth-order valence-electron chi connectivity index (χ4n) is 4.64. The van der Waals surface area contributed by atoms with E-state index in [0.29, 0.717) is 22.4 Å². The van der Waals surface area contributed by atoms with Crippen molar-refractivity contribution in [3.63, 3.8) is 0 Å². The Bertz CT molecular complexity index is 1130. The number of likely N-dealkylation sites (tertiary alicyclic amines) is 1. The van der Waals surface area contributed by atoms with Gasteiger partial charge in [0.25, 0.3) is 0 Å². The highest BCUT2D eigenvalue weighted by Gasteiger charge is 2.33. The van der Waals surface area contributed by atoms with Crippen molar-refractivity contribution in [1.82, 2.24) is 20.2 Å². The Morgan fingerprint density at radius 1 is 1.03 bits per heavy atom. The molecule has 2 N–H and O–H groups in total. The number of urea groups is 1. The molecule has 5 rings (SSSR count). The molecule has 1 aliphatic heterocycles. The Hall–Kier alpha value is -3.16. The minimum Gasteiger partial charge on any atom is -0.495 e. The van der Waals surface area contributed by atoms with Gasteiger partial charge in [0.15, 0.2) is 0 Å². The van der Waals surface area contributed by atoms with Crippen LogP contribution in [0, 0.1) is 0 Å². The average Bonchev–Trinajstić information content (AvgIpc) is 3.73. The van der Waals surface area contributed by atoms with Crippen LogP contribution in [0.1, 0.15) is 48.0 Å². The predicted molar refractivity (Wildman–Crippen MR) is 137 cm³/mol. The zero-order chi connectivity index (χ0) is 24.2. The fraction of sp³-hybridized carbons (Fsp3) is 0.370. The SMILES string of the molecule is COc1ccc(C2CN(Cc3ccc(C4CC4)nc3)CCC2NC(=O)Nc2ccc(Cl)cc2)nc1. The molecule has 3 heterocycles. The first-order valence-corrected chi connectivity index (χ1v) is 12.5. The Balaban J connectivity index is 1.27. The molecular formula is C27H30ClN5O2. The van der Waals surface area contributed by atoms with Crippen LogP contribution < -0.4 is 15.4 Å². The highest BCUT2D eigenvalue weighted by Crippen LogP contribution is 2.38. The summed E-state index contributed by atoms with van der Waals surface area (Å²) in [5.41, 5.74) is 4.06. The number of halogens is 1. The summed E-state index contributed by atoms with van der Waals surface area (Å²) in [5, 5.41) is 6.71. The van der Waals surface area contributed by atoms with Crippen molar-refractivity contribution in [1.29, 1.82) is 0 Å². The summed E-state index contributed by atoms with van der Waals surface area (Å²) < 4.78 is 5.28. The van der Waals surface area contributed by atoms with Crippen LogP contribution in [0.4, 0.5) is 10.5 Å². The Morgan fingerprint density at radius 3 is 2.46 bits per heavy atom. The molecule has 1 saturated carbocycles. The van der Waals surface area contributed by atoms with E-state index in [1.165, 1.54) is 24.1 Å². The lowest BCUT2D eigenvalue weighted by atomic mass is 9.88. The summed E-state index contributed by atoms with van der Waals surface area (Å²) in [6.45, 7) is 2.49. The van der Waals surface area contributed by atoms with Crippen LogP contribution in [-0.4, -0.2) is 47.1 Å². The number of carbonyl (C=O) groups excluding carboxylic acids is 1. The van der Waals surface area contributed by atoms with Gasteiger partial charge in [-0.05, 0) is 67.3 Å². The highest BCUT2D eigenvalue weighted by molar-refractivity contribution is 6.30. The molecule has 7 nitrogen and oxygen atoms in total. The molecule has 2 unspecified atom stereocenters. The van der Waals surface area contributed by atoms with Gasteiger partial charge < -0.3 is 15.4 Å². The molecule has 1 aliphatic carbocycles. The van der Waals surface area contributed by atoms with Gasteiger partial charge in [-0.25, -0.2) is 4.79 Å². The van der Waals surface area contributed by atoms with Crippen LogP contribution >= 0.6 is 11.6 Å². The number of nitrogens with one attached hydrogen (secondary N) is 2. The Labute approximate surface area is 210 Å². The second kappa shape index (κ2) is 10.6. The van der Waals surface area contributed by atoms with Gasteiger partial charge in [0.1, 0.15) is 5.75 Å². The van der Waals surface area contributed by atoms with E-state index >= 15 is 0 Å². The van der Waals surface area contributed by atoms with Crippen LogP contribution in [0.3, 0.4) is 0 Å². The maximum absolute atomic E-state index is 12.8. The van der Waals surface area contributed by atoms with E-state index in [1.807, 2.05) is 18.3 Å². The smallest absolute Gasteiger partial charge is 0.319 e. The number of pyridine rings is 2. The van der Waals surface area contributed by atoms with Gasteiger partial charge in [-0.3, -0.25) is 14.9 Å². The first kappa shape index (κ1) is 23.6. The van der Waals surface area contributed by atoms with Gasteiger partial charge in [0, 0.05) is 65.8 Å². The third kappa shape index (κ3) is 6.10. The molecule has 1 saturated heterocycles. The normalized spacial score (nSPS) is 20.3. The molecule has 2 amide bonds. The Morgan fingerprint density at radius 2 is 1.80 bits per heavy atom. The number of ether oxygens (including phenoxy) is 1. The Kier molecular flexibility index (Phi) is 7.16. The number of benzene rings is 1. The van der Waals surface area contributed by atoms with Crippen LogP contribution in [0.15, 0.2) is 60.9 Å². The number of rotatable bonds is 7. The first-order valence-electron chi connectivity index (χ1n) is 12.1. The number of nitrogens with zero attached hydrogens (tertiary/aromatic N) is 3. The van der Waals surface area contributed by atoms with Crippen molar-refractivity contribution in [3.8, 4) is 5.75 Å². The number of hydrogen-bond acceptors (Lipinski definition) is 5. The lowest BCUT2D eigenvalue weighted by Gasteiger charge is -2.38. The summed E-state index contributed by atoms with van der Waals surface area (Å²) in [5.74, 6) is 1.42. The third-order valence-corrected chi connectivity index (χ3v) is 6.99. The number of methoxy groups -OCH3 is 1. The van der Waals surface area contributed by atoms with Crippen molar-refractivity contribution >= 4 is 23.3 Å². The maximum Gasteiger partial charge on any atom is 0.319 e. The van der Waals surface area contributed by atoms with E-state index < -0.39 is 0 Å². The van der Waals surface area contributed by atoms with Crippen LogP contribution in [-0.2, 0) is 6.54 Å². The second-order valence-corrected chi connectivity index (χ2v) is 9.77. The first-order chi connectivity index (χ1) is 17.1. The predicted octanol–water partition coefficient (Wildman–Crippen LogP) is 5.20. The molecular weight excluding hydrogens is 462 g/mol. The molecule has 182 valence electrons. The summed E-state index contributed by atoms with van der Waals surface area (Å²) >= 11 is 5.96. The van der Waals surface area contributed by atoms with Crippen molar-refractivity contribution in [2.75, 3.05) is 25.5 Å². The lowest BCUT2D eigenvalue weighted by Crippen LogP contribution is -2.50. The maximum atomic E-state index is 12.8. The molecule has 8 heteroatoms. The molecule has 35 heavy (non-hydrogen) atoms. The van der Waals surface area contributed by atoms with Gasteiger partial charge in [-0.15, -0.1) is 0 Å². The largest absolute Gasteiger partial charge is 0.495 e. The summed E-state index contributed by atoms with van der Waals surface area (Å²) in [6, 6.07) is 15.1. The molecule has 2 aromatic heterocycles. The zero-order valence-corrected chi connectivity index (χ0v) is 20.5. The van der Waals surface area contributed by atoms with E-state index in [-0.39, 0.29) is 18.0 Å². The highest BCUT2D eigenvalue weighted by atomic mass is 35.5. The molecule has 2 atom stereocenters. The monoisotopic (exact) mass is 491 g/mol. The van der Waals surface area contributed by atoms with Crippen molar-refractivity contribution < 1.29 is 9.53 Å². The van der Waals surface area contributed by atoms with Gasteiger partial charge in [-0.2, -0.15) is 0 Å². The van der Waals surface area contributed by atoms with Crippen molar-refractivity contribution in [3.05, 3.63) is 82.9 Å². The van der Waals surface area contributed by atoms with Crippen molar-refractivity contribution in [2.45, 2.75) is 43.7 Å². The third-order valence-electron chi connectivity index (χ3n) is 6.74. The topological polar surface area (TPSA) is 79.4 Å². The van der Waals surface area contributed by atoms with E-state index in [9.17, 15) is 4.79 Å². The van der Waals surface area contributed by atoms with Gasteiger partial charge >= 0.3 is 6.03 Å². The number of amides is 2. The zero-order valence-electron chi connectivity index (χ0n) is 19.8. The molecule has 0 bridgehead atoms. The minimum absolute atomic E-state index is 0.0457. The van der Waals surface area contributed by atoms with E-state index in [4.69, 9.17) is 16.3 Å². The lowest BCUT2D eigenvalue weighted by molar-refractivity contribution is 0.166. The van der Waals surface area contributed by atoms with Crippen LogP contribution in [0.2, 0.25) is 5.02 Å². The minimum atomic E-state index is -0.232. The summed E-state index contributed by atoms with van der Waals surface area (Å²) in [7, 11) is 1.63. The molecule has 1 aromatic carbocycles. The van der Waals surface area contributed by atoms with Crippen LogP contribution in [0.25, 0.3) is 0 Å². The van der Waals surface area contributed by atoms with Gasteiger partial charge in [0.2, 0.25) is 0 Å². The van der Waals surface area contributed by atoms with Gasteiger partial charge in [-0.1, -0.05) is 17.7 Å². The van der Waals surface area contributed by atoms with Crippen molar-refractivity contribution in [2.24, 2.45) is 0 Å². The molecule has 2 aliphatic rings. The summed E-state index contributed by atoms with van der Waals surface area (Å²) in [4.78, 5) is 24.5. The van der Waals surface area contributed by atoms with E-state index in [0.717, 1.165) is 31.7 Å². The number of aromatic nitrogens is 2. The second-order valence-electron chi connectivity index (χ2n) is 9.33. The molecule has 2 fully saturated rings. The molecule has 0 radical (unpaired) electrons. The quantitative estimate of drug-likeness (QED) is 0.475. The number of anilines is 1. The average molecular weight is 492 g/mol. The summed E-state index contributed by atoms with van der Waals surface area (Å²) in [6.07, 6.45) is 7.09. The number of carbonyl (C=O) groups is 1. The molecule has 3 aromatic rings. The number of piperidine rings is 1.